The number of piperazine rings is 1. The number of aromatic nitrogens is 3. The number of hydrogen-bond donors (Lipinski definition) is 2. The standard InChI is InChI=1S/C28H35F6N7O4/c1-4-17(5-2)13-41-20-10-18(27(29,30)31)11-35-24(20)40-8-7-39(14-21(40)26(41)44)22(42)6-9-45-15-16(3)37-19-12-36-38-25(43)23(19)28(32,33)34/h10-12,16-17,21H,4-9,13-15H2,1-3H3,(H2,37,38,43). The highest BCUT2D eigenvalue weighted by Gasteiger charge is 2.45. The zero-order valence-electron chi connectivity index (χ0n) is 25.0. The van der Waals surface area contributed by atoms with Crippen molar-refractivity contribution in [3.63, 3.8) is 0 Å². The number of fused-ring (bicyclic) bond motifs is 3. The summed E-state index contributed by atoms with van der Waals surface area (Å²) in [6.45, 7) is 5.89. The Morgan fingerprint density at radius 2 is 1.82 bits per heavy atom. The molecule has 45 heavy (non-hydrogen) atoms. The van der Waals surface area contributed by atoms with Crippen molar-refractivity contribution >= 4 is 29.0 Å². The molecule has 4 heterocycles. The Labute approximate surface area is 254 Å². The lowest BCUT2D eigenvalue weighted by Crippen LogP contribution is -2.64. The minimum Gasteiger partial charge on any atom is -0.379 e. The predicted octanol–water partition coefficient (Wildman–Crippen LogP) is 3.91. The first-order valence-corrected chi connectivity index (χ1v) is 14.6. The van der Waals surface area contributed by atoms with Crippen molar-refractivity contribution in [2.75, 3.05) is 54.5 Å². The van der Waals surface area contributed by atoms with Crippen LogP contribution in [0.25, 0.3) is 0 Å². The van der Waals surface area contributed by atoms with Gasteiger partial charge in [0, 0.05) is 31.9 Å². The molecule has 4 rings (SSSR count). The number of carbonyl (C=O) groups is 2. The number of H-pyrrole nitrogens is 1. The van der Waals surface area contributed by atoms with Crippen LogP contribution in [-0.2, 0) is 26.7 Å². The van der Waals surface area contributed by atoms with Crippen LogP contribution in [0.3, 0.4) is 0 Å². The number of alkyl halides is 6. The number of aromatic amines is 1. The SMILES string of the molecule is CCC(CC)CN1C(=O)C2CN(C(=O)CCOCC(C)Nc3cn[nH]c(=O)c3C(F)(F)F)CCN2c2ncc(C(F)(F)F)cc21. The number of nitrogens with zero attached hydrogens (tertiary/aromatic N) is 5. The van der Waals surface area contributed by atoms with Gasteiger partial charge in [0.1, 0.15) is 11.6 Å². The fourth-order valence-electron chi connectivity index (χ4n) is 5.46. The van der Waals surface area contributed by atoms with Gasteiger partial charge in [-0.25, -0.2) is 10.1 Å². The molecule has 2 aromatic rings. The Balaban J connectivity index is 1.38. The normalized spacial score (nSPS) is 17.8. The van der Waals surface area contributed by atoms with E-state index >= 15 is 0 Å². The number of nitrogens with one attached hydrogen (secondary N) is 2. The molecule has 248 valence electrons. The summed E-state index contributed by atoms with van der Waals surface area (Å²) in [5.41, 5.74) is -4.14. The molecule has 0 bridgehead atoms. The number of rotatable bonds is 11. The van der Waals surface area contributed by atoms with Gasteiger partial charge in [-0.3, -0.25) is 14.4 Å². The van der Waals surface area contributed by atoms with Crippen LogP contribution < -0.4 is 20.7 Å². The summed E-state index contributed by atoms with van der Waals surface area (Å²) >= 11 is 0. The van der Waals surface area contributed by atoms with Crippen molar-refractivity contribution < 1.29 is 40.7 Å². The quantitative estimate of drug-likeness (QED) is 0.278. The molecule has 0 aromatic carbocycles. The Hall–Kier alpha value is -3.89. The predicted molar refractivity (Wildman–Crippen MR) is 152 cm³/mol. The fourth-order valence-corrected chi connectivity index (χ4v) is 5.46. The van der Waals surface area contributed by atoms with E-state index in [1.165, 1.54) is 16.7 Å². The number of anilines is 3. The van der Waals surface area contributed by atoms with Crippen molar-refractivity contribution in [2.45, 2.75) is 64.5 Å². The van der Waals surface area contributed by atoms with Gasteiger partial charge < -0.3 is 24.8 Å². The lowest BCUT2D eigenvalue weighted by Gasteiger charge is -2.47. The van der Waals surface area contributed by atoms with Crippen molar-refractivity contribution in [1.82, 2.24) is 20.1 Å². The van der Waals surface area contributed by atoms with E-state index in [9.17, 15) is 40.7 Å². The largest absolute Gasteiger partial charge is 0.423 e. The Morgan fingerprint density at radius 1 is 1.11 bits per heavy atom. The van der Waals surface area contributed by atoms with Crippen molar-refractivity contribution in [3.05, 3.63) is 39.9 Å². The van der Waals surface area contributed by atoms with Crippen molar-refractivity contribution in [2.24, 2.45) is 5.92 Å². The second-order valence-corrected chi connectivity index (χ2v) is 11.1. The minimum atomic E-state index is -4.90. The first kappa shape index (κ1) is 34.0. The number of pyridine rings is 1. The second kappa shape index (κ2) is 13.6. The van der Waals surface area contributed by atoms with Crippen LogP contribution in [0.1, 0.15) is 51.2 Å². The molecule has 2 aliphatic heterocycles. The third-order valence-corrected chi connectivity index (χ3v) is 7.99. The lowest BCUT2D eigenvalue weighted by atomic mass is 9.99. The zero-order valence-corrected chi connectivity index (χ0v) is 25.0. The highest BCUT2D eigenvalue weighted by atomic mass is 19.4. The van der Waals surface area contributed by atoms with Crippen LogP contribution in [0.2, 0.25) is 0 Å². The van der Waals surface area contributed by atoms with E-state index < -0.39 is 52.7 Å². The minimum absolute atomic E-state index is 0.00690. The highest BCUT2D eigenvalue weighted by Crippen LogP contribution is 2.40. The third kappa shape index (κ3) is 7.68. The van der Waals surface area contributed by atoms with E-state index in [4.69, 9.17) is 4.74 Å². The Kier molecular flexibility index (Phi) is 10.3. The Bertz CT molecular complexity index is 1430. The molecular weight excluding hydrogens is 612 g/mol. The molecule has 17 heteroatoms. The molecule has 0 radical (unpaired) electrons. The summed E-state index contributed by atoms with van der Waals surface area (Å²) in [7, 11) is 0. The maximum atomic E-state index is 13.7. The summed E-state index contributed by atoms with van der Waals surface area (Å²) in [6, 6.07) is -0.538. The van der Waals surface area contributed by atoms with Crippen LogP contribution >= 0.6 is 0 Å². The molecule has 2 atom stereocenters. The van der Waals surface area contributed by atoms with E-state index in [1.807, 2.05) is 13.8 Å². The first-order valence-electron chi connectivity index (χ1n) is 14.6. The van der Waals surface area contributed by atoms with E-state index in [1.54, 1.807) is 10.00 Å². The molecule has 11 nitrogen and oxygen atoms in total. The number of amides is 2. The summed E-state index contributed by atoms with van der Waals surface area (Å²) in [6.07, 6.45) is -6.56. The topological polar surface area (TPSA) is 124 Å². The molecule has 2 aliphatic rings. The van der Waals surface area contributed by atoms with Crippen LogP contribution in [0.4, 0.5) is 43.5 Å². The average Bonchev–Trinajstić information content (AvgIpc) is 2.97. The van der Waals surface area contributed by atoms with E-state index in [2.05, 4.69) is 15.4 Å². The van der Waals surface area contributed by atoms with Gasteiger partial charge in [-0.05, 0) is 18.9 Å². The van der Waals surface area contributed by atoms with Gasteiger partial charge in [0.2, 0.25) is 5.91 Å². The molecule has 0 aliphatic carbocycles. The van der Waals surface area contributed by atoms with Crippen molar-refractivity contribution in [1.29, 1.82) is 0 Å². The van der Waals surface area contributed by atoms with Gasteiger partial charge in [0.15, 0.2) is 5.82 Å². The monoisotopic (exact) mass is 647 g/mol. The molecular formula is C28H35F6N7O4. The van der Waals surface area contributed by atoms with E-state index in [0.717, 1.165) is 31.3 Å². The number of ether oxygens (including phenoxy) is 1. The molecule has 1 saturated heterocycles. The van der Waals surface area contributed by atoms with E-state index in [-0.39, 0.29) is 69.1 Å². The van der Waals surface area contributed by atoms with Gasteiger partial charge >= 0.3 is 12.4 Å². The van der Waals surface area contributed by atoms with Gasteiger partial charge in [0.25, 0.3) is 11.5 Å². The van der Waals surface area contributed by atoms with Crippen LogP contribution in [-0.4, -0.2) is 83.4 Å². The summed E-state index contributed by atoms with van der Waals surface area (Å²) in [5, 5.41) is 7.71. The van der Waals surface area contributed by atoms with Crippen molar-refractivity contribution in [3.8, 4) is 0 Å². The summed E-state index contributed by atoms with van der Waals surface area (Å²) in [5.74, 6) is -0.410. The van der Waals surface area contributed by atoms with Crippen LogP contribution in [0.5, 0.6) is 0 Å². The van der Waals surface area contributed by atoms with Gasteiger partial charge in [-0.1, -0.05) is 26.7 Å². The average molecular weight is 648 g/mol. The number of carbonyl (C=O) groups excluding carboxylic acids is 2. The molecule has 0 spiro atoms. The highest BCUT2D eigenvalue weighted by molar-refractivity contribution is 6.05. The van der Waals surface area contributed by atoms with Gasteiger partial charge in [-0.2, -0.15) is 31.4 Å². The third-order valence-electron chi connectivity index (χ3n) is 7.99. The van der Waals surface area contributed by atoms with Gasteiger partial charge in [0.05, 0.1) is 49.3 Å². The maximum absolute atomic E-state index is 13.7. The van der Waals surface area contributed by atoms with Crippen LogP contribution in [0.15, 0.2) is 23.3 Å². The molecule has 2 amide bonds. The fraction of sp³-hybridized carbons (Fsp3) is 0.607. The smallest absolute Gasteiger partial charge is 0.379 e. The molecule has 2 unspecified atom stereocenters. The lowest BCUT2D eigenvalue weighted by molar-refractivity contribution is -0.138. The second-order valence-electron chi connectivity index (χ2n) is 11.1. The first-order chi connectivity index (χ1) is 21.1. The molecule has 0 saturated carbocycles. The molecule has 2 N–H and O–H groups in total. The zero-order chi connectivity index (χ0) is 33.1. The van der Waals surface area contributed by atoms with Crippen LogP contribution in [0, 0.1) is 5.92 Å². The molecule has 1 fully saturated rings. The maximum Gasteiger partial charge on any atom is 0.423 e. The summed E-state index contributed by atoms with van der Waals surface area (Å²) < 4.78 is 85.9. The number of hydrogen-bond acceptors (Lipinski definition) is 8. The Morgan fingerprint density at radius 3 is 2.47 bits per heavy atom. The summed E-state index contributed by atoms with van der Waals surface area (Å²) in [4.78, 5) is 47.0. The number of halogens is 6. The molecule has 2 aromatic heterocycles. The van der Waals surface area contributed by atoms with Gasteiger partial charge in [-0.15, -0.1) is 0 Å². The van der Waals surface area contributed by atoms with E-state index in [0.29, 0.717) is 0 Å².